The normalized spacial score (nSPS) is 18.9. The van der Waals surface area contributed by atoms with Crippen molar-refractivity contribution in [3.63, 3.8) is 0 Å². The van der Waals surface area contributed by atoms with Gasteiger partial charge in [0.15, 0.2) is 0 Å². The molecule has 1 aromatic carbocycles. The van der Waals surface area contributed by atoms with Crippen molar-refractivity contribution in [2.45, 2.75) is 0 Å². The summed E-state index contributed by atoms with van der Waals surface area (Å²) in [6.07, 6.45) is 18.2. The molecular formula is C16H15FeN+2. The molecule has 90 valence electrons. The van der Waals surface area contributed by atoms with Crippen LogP contribution in [-0.4, -0.2) is 0 Å². The molecule has 0 bridgehead atoms. The maximum atomic E-state index is 5.66. The van der Waals surface area contributed by atoms with E-state index in [1.807, 2.05) is 63.1 Å². The average Bonchev–Trinajstić information content (AvgIpc) is 3.06. The number of nitrogen functional groups attached to an aromatic ring is 1. The van der Waals surface area contributed by atoms with Crippen LogP contribution in [-0.2, 0) is 17.1 Å². The van der Waals surface area contributed by atoms with Crippen molar-refractivity contribution in [2.24, 2.45) is 0 Å². The zero-order valence-electron chi connectivity index (χ0n) is 9.94. The fourth-order valence-electron chi connectivity index (χ4n) is 1.61. The first-order valence-electron chi connectivity index (χ1n) is 5.60. The summed E-state index contributed by atoms with van der Waals surface area (Å²) in [6, 6.07) is 7.91. The van der Waals surface area contributed by atoms with Crippen LogP contribution in [0.4, 0.5) is 5.69 Å². The Bertz CT molecular complexity index is 320. The predicted molar refractivity (Wildman–Crippen MR) is 71.9 cm³/mol. The Hall–Kier alpha value is -0.461. The summed E-state index contributed by atoms with van der Waals surface area (Å²) in [5, 5.41) is 0. The Kier molecular flexibility index (Phi) is 7.46. The minimum absolute atomic E-state index is 0. The Balaban J connectivity index is 0.000000230. The molecule has 10 radical (unpaired) electrons. The van der Waals surface area contributed by atoms with Crippen LogP contribution < -0.4 is 5.73 Å². The molecule has 3 rings (SSSR count). The van der Waals surface area contributed by atoms with Crippen LogP contribution in [0.25, 0.3) is 0 Å². The third-order valence-corrected chi connectivity index (χ3v) is 2.44. The van der Waals surface area contributed by atoms with E-state index in [1.54, 1.807) is 0 Å². The number of benzene rings is 1. The molecule has 1 aromatic rings. The molecule has 2 aliphatic carbocycles. The van der Waals surface area contributed by atoms with E-state index in [0.29, 0.717) is 0 Å². The number of anilines is 1. The number of rotatable bonds is 1. The molecule has 0 atom stereocenters. The van der Waals surface area contributed by atoms with Crippen molar-refractivity contribution in [3.05, 3.63) is 93.5 Å². The summed E-state index contributed by atoms with van der Waals surface area (Å²) in [4.78, 5) is 0. The maximum Gasteiger partial charge on any atom is 2.00 e. The van der Waals surface area contributed by atoms with Crippen LogP contribution in [0.3, 0.4) is 0 Å². The molecular weight excluding hydrogens is 262 g/mol. The summed E-state index contributed by atoms with van der Waals surface area (Å²) in [5.41, 5.74) is 7.66. The zero-order chi connectivity index (χ0) is 11.9. The Morgan fingerprint density at radius 3 is 1.78 bits per heavy atom. The van der Waals surface area contributed by atoms with Gasteiger partial charge in [-0.3, -0.25) is 0 Å². The molecule has 2 fully saturated rings. The van der Waals surface area contributed by atoms with Gasteiger partial charge < -0.3 is 5.73 Å². The molecule has 2 saturated carbocycles. The third-order valence-electron chi connectivity index (χ3n) is 2.44. The van der Waals surface area contributed by atoms with Gasteiger partial charge in [0, 0.05) is 11.6 Å². The van der Waals surface area contributed by atoms with E-state index in [4.69, 9.17) is 5.73 Å². The van der Waals surface area contributed by atoms with Crippen molar-refractivity contribution < 1.29 is 17.1 Å². The second-order valence-corrected chi connectivity index (χ2v) is 3.76. The molecule has 0 aromatic heterocycles. The van der Waals surface area contributed by atoms with E-state index in [1.165, 1.54) is 11.5 Å². The second-order valence-electron chi connectivity index (χ2n) is 3.76. The minimum atomic E-state index is 0. The van der Waals surface area contributed by atoms with Gasteiger partial charge in [-0.15, -0.1) is 0 Å². The van der Waals surface area contributed by atoms with Crippen LogP contribution in [0.15, 0.2) is 24.3 Å². The van der Waals surface area contributed by atoms with Crippen molar-refractivity contribution in [1.82, 2.24) is 0 Å². The summed E-state index contributed by atoms with van der Waals surface area (Å²) in [7, 11) is 0. The van der Waals surface area contributed by atoms with Gasteiger partial charge in [0.2, 0.25) is 0 Å². The molecule has 0 saturated heterocycles. The molecule has 0 unspecified atom stereocenters. The van der Waals surface area contributed by atoms with Gasteiger partial charge in [0.1, 0.15) is 0 Å². The van der Waals surface area contributed by atoms with Gasteiger partial charge in [0.25, 0.3) is 0 Å². The average molecular weight is 277 g/mol. The van der Waals surface area contributed by atoms with Gasteiger partial charge in [-0.05, 0) is 75.5 Å². The van der Waals surface area contributed by atoms with Gasteiger partial charge in [-0.2, -0.15) is 0 Å². The summed E-state index contributed by atoms with van der Waals surface area (Å²) >= 11 is 0. The summed E-state index contributed by atoms with van der Waals surface area (Å²) < 4.78 is 0. The van der Waals surface area contributed by atoms with Crippen LogP contribution in [0, 0.1) is 63.7 Å². The second kappa shape index (κ2) is 8.61. The van der Waals surface area contributed by atoms with Gasteiger partial charge in [-0.1, -0.05) is 12.1 Å². The van der Waals surface area contributed by atoms with Crippen molar-refractivity contribution in [1.29, 1.82) is 0 Å². The molecule has 0 aliphatic heterocycles. The van der Waals surface area contributed by atoms with Crippen molar-refractivity contribution >= 4 is 5.69 Å². The first-order valence-corrected chi connectivity index (χ1v) is 5.60. The number of hydrogen-bond donors (Lipinski definition) is 1. The van der Waals surface area contributed by atoms with Crippen LogP contribution in [0.1, 0.15) is 5.56 Å². The van der Waals surface area contributed by atoms with E-state index in [-0.39, 0.29) is 17.1 Å². The van der Waals surface area contributed by atoms with Crippen LogP contribution >= 0.6 is 0 Å². The SMILES string of the molecule is Nc1cccc([C]2[CH][CH][CH][CH]2)c1.[CH]1[CH][CH][CH][CH]1.[Fe+2]. The molecule has 0 heterocycles. The molecule has 1 nitrogen and oxygen atoms in total. The number of nitrogens with two attached hydrogens (primary N) is 1. The van der Waals surface area contributed by atoms with E-state index >= 15 is 0 Å². The Morgan fingerprint density at radius 2 is 1.28 bits per heavy atom. The molecule has 18 heavy (non-hydrogen) atoms. The van der Waals surface area contributed by atoms with E-state index in [2.05, 4.69) is 18.9 Å². The Labute approximate surface area is 122 Å². The first-order chi connectivity index (χ1) is 8.36. The molecule has 2 aliphatic rings. The van der Waals surface area contributed by atoms with Crippen LogP contribution in [0.5, 0.6) is 0 Å². The van der Waals surface area contributed by atoms with Gasteiger partial charge in [0.05, 0.1) is 0 Å². The zero-order valence-corrected chi connectivity index (χ0v) is 11.0. The first kappa shape index (κ1) is 15.6. The van der Waals surface area contributed by atoms with Crippen molar-refractivity contribution in [2.75, 3.05) is 5.73 Å². The minimum Gasteiger partial charge on any atom is -0.399 e. The monoisotopic (exact) mass is 277 g/mol. The topological polar surface area (TPSA) is 26.0 Å². The molecule has 0 amide bonds. The van der Waals surface area contributed by atoms with E-state index in [0.717, 1.165) is 5.69 Å². The predicted octanol–water partition coefficient (Wildman–Crippen LogP) is 3.04. The smallest absolute Gasteiger partial charge is 0.399 e. The molecule has 0 spiro atoms. The van der Waals surface area contributed by atoms with E-state index < -0.39 is 0 Å². The molecule has 2 heteroatoms. The fourth-order valence-corrected chi connectivity index (χ4v) is 1.61. The Morgan fingerprint density at radius 1 is 0.722 bits per heavy atom. The number of hydrogen-bond acceptors (Lipinski definition) is 1. The summed E-state index contributed by atoms with van der Waals surface area (Å²) in [5.74, 6) is 1.22. The van der Waals surface area contributed by atoms with E-state index in [9.17, 15) is 0 Å². The fraction of sp³-hybridized carbons (Fsp3) is 0. The largest absolute Gasteiger partial charge is 2.00 e. The summed E-state index contributed by atoms with van der Waals surface area (Å²) in [6.45, 7) is 0. The van der Waals surface area contributed by atoms with Crippen LogP contribution in [0.2, 0.25) is 0 Å². The van der Waals surface area contributed by atoms with Crippen molar-refractivity contribution in [3.8, 4) is 0 Å². The molecule has 2 N–H and O–H groups in total. The standard InChI is InChI=1S/C11H10N.C5H5.Fe/c12-11-7-3-6-10(8-11)9-4-1-2-5-9;1-2-4-5-3-1;/h1-8H,12H2;1-5H;/q;;+2. The van der Waals surface area contributed by atoms with Gasteiger partial charge >= 0.3 is 17.1 Å². The maximum absolute atomic E-state index is 5.66. The third kappa shape index (κ3) is 5.04. The quantitative estimate of drug-likeness (QED) is 0.619. The van der Waals surface area contributed by atoms with Gasteiger partial charge in [-0.25, -0.2) is 0 Å².